The molecule has 4 heteroatoms. The van der Waals surface area contributed by atoms with Crippen LogP contribution in [0.5, 0.6) is 0 Å². The second kappa shape index (κ2) is 4.13. The van der Waals surface area contributed by atoms with Crippen LogP contribution in [0.25, 0.3) is 0 Å². The van der Waals surface area contributed by atoms with E-state index in [-0.39, 0.29) is 5.56 Å². The van der Waals surface area contributed by atoms with Gasteiger partial charge in [-0.1, -0.05) is 6.07 Å². The largest absolute Gasteiger partial charge is 0.329 e. The molecule has 0 aliphatic heterocycles. The molecule has 0 atom stereocenters. The van der Waals surface area contributed by atoms with Gasteiger partial charge in [0.1, 0.15) is 0 Å². The Labute approximate surface area is 87.6 Å². The first-order valence-electron chi connectivity index (χ1n) is 4.97. The van der Waals surface area contributed by atoms with Crippen LogP contribution in [-0.2, 0) is 13.0 Å². The number of nitrogens with one attached hydrogen (secondary N) is 1. The summed E-state index contributed by atoms with van der Waals surface area (Å²) < 4.78 is 1.85. The average molecular weight is 203 g/mol. The van der Waals surface area contributed by atoms with E-state index in [1.54, 1.807) is 12.4 Å². The molecule has 0 fully saturated rings. The van der Waals surface area contributed by atoms with Gasteiger partial charge in [0.25, 0.3) is 5.56 Å². The second-order valence-electron chi connectivity index (χ2n) is 3.41. The summed E-state index contributed by atoms with van der Waals surface area (Å²) in [6.07, 6.45) is 6.04. The van der Waals surface area contributed by atoms with Crippen LogP contribution < -0.4 is 5.56 Å². The molecule has 2 rings (SSSR count). The van der Waals surface area contributed by atoms with E-state index in [1.807, 2.05) is 29.9 Å². The molecule has 0 saturated carbocycles. The predicted molar refractivity (Wildman–Crippen MR) is 57.8 cm³/mol. The molecule has 0 amide bonds. The smallest absolute Gasteiger partial charge is 0.251 e. The van der Waals surface area contributed by atoms with Crippen molar-refractivity contribution in [1.82, 2.24) is 14.8 Å². The highest BCUT2D eigenvalue weighted by molar-refractivity contribution is 5.19. The third kappa shape index (κ3) is 2.15. The van der Waals surface area contributed by atoms with Crippen molar-refractivity contribution in [3.63, 3.8) is 0 Å². The van der Waals surface area contributed by atoms with Crippen molar-refractivity contribution in [2.75, 3.05) is 0 Å². The van der Waals surface area contributed by atoms with Gasteiger partial charge in [0.05, 0.1) is 6.20 Å². The minimum atomic E-state index is -0.0262. The van der Waals surface area contributed by atoms with E-state index in [0.29, 0.717) is 6.42 Å². The zero-order chi connectivity index (χ0) is 10.7. The first-order chi connectivity index (χ1) is 7.29. The number of rotatable bonds is 3. The summed E-state index contributed by atoms with van der Waals surface area (Å²) in [7, 11) is 0. The van der Waals surface area contributed by atoms with Gasteiger partial charge in [0.2, 0.25) is 0 Å². The molecule has 0 aliphatic carbocycles. The van der Waals surface area contributed by atoms with Crippen LogP contribution in [0.15, 0.2) is 35.5 Å². The van der Waals surface area contributed by atoms with Gasteiger partial charge in [0, 0.05) is 30.9 Å². The molecule has 15 heavy (non-hydrogen) atoms. The van der Waals surface area contributed by atoms with E-state index < -0.39 is 0 Å². The zero-order valence-corrected chi connectivity index (χ0v) is 8.60. The number of nitrogens with zero attached hydrogens (tertiary/aromatic N) is 2. The highest BCUT2D eigenvalue weighted by Crippen LogP contribution is 2.04. The van der Waals surface area contributed by atoms with Crippen molar-refractivity contribution < 1.29 is 0 Å². The summed E-state index contributed by atoms with van der Waals surface area (Å²) in [6.45, 7) is 2.89. The third-order valence-electron chi connectivity index (χ3n) is 2.31. The summed E-state index contributed by atoms with van der Waals surface area (Å²) in [5.41, 5.74) is 1.81. The number of H-pyrrole nitrogens is 1. The third-order valence-corrected chi connectivity index (χ3v) is 2.31. The lowest BCUT2D eigenvalue weighted by atomic mass is 10.1. The molecular weight excluding hydrogens is 190 g/mol. The Morgan fingerprint density at radius 1 is 1.53 bits per heavy atom. The Morgan fingerprint density at radius 2 is 2.40 bits per heavy atom. The Hall–Kier alpha value is -1.84. The van der Waals surface area contributed by atoms with Crippen LogP contribution in [0.1, 0.15) is 18.1 Å². The fourth-order valence-corrected chi connectivity index (χ4v) is 1.49. The van der Waals surface area contributed by atoms with E-state index in [2.05, 4.69) is 10.1 Å². The van der Waals surface area contributed by atoms with Gasteiger partial charge in [-0.2, -0.15) is 5.10 Å². The Bertz CT molecular complexity index is 498. The summed E-state index contributed by atoms with van der Waals surface area (Å²) >= 11 is 0. The Kier molecular flexibility index (Phi) is 2.67. The van der Waals surface area contributed by atoms with Gasteiger partial charge in [-0.05, 0) is 18.6 Å². The molecule has 0 aliphatic rings. The molecule has 0 aromatic carbocycles. The van der Waals surface area contributed by atoms with E-state index in [4.69, 9.17) is 0 Å². The lowest BCUT2D eigenvalue weighted by Crippen LogP contribution is -2.10. The quantitative estimate of drug-likeness (QED) is 0.814. The molecule has 0 spiro atoms. The van der Waals surface area contributed by atoms with Gasteiger partial charge < -0.3 is 4.98 Å². The zero-order valence-electron chi connectivity index (χ0n) is 8.60. The number of aromatic amines is 1. The van der Waals surface area contributed by atoms with Gasteiger partial charge in [-0.3, -0.25) is 9.48 Å². The standard InChI is InChI=1S/C11H13N3O/c1-2-14-8-9(7-13-14)6-10-4-3-5-12-11(10)15/h3-5,7-8H,2,6H2,1H3,(H,12,15). The molecule has 0 bridgehead atoms. The second-order valence-corrected chi connectivity index (χ2v) is 3.41. The maximum absolute atomic E-state index is 11.4. The van der Waals surface area contributed by atoms with Crippen molar-refractivity contribution in [2.24, 2.45) is 0 Å². The minimum absolute atomic E-state index is 0.0262. The van der Waals surface area contributed by atoms with Crippen molar-refractivity contribution in [3.05, 3.63) is 52.2 Å². The highest BCUT2D eigenvalue weighted by atomic mass is 16.1. The molecule has 1 N–H and O–H groups in total. The van der Waals surface area contributed by atoms with Crippen LogP contribution in [0.2, 0.25) is 0 Å². The SMILES string of the molecule is CCn1cc(Cc2ccc[nH]c2=O)cn1. The number of aromatic nitrogens is 3. The minimum Gasteiger partial charge on any atom is -0.329 e. The van der Waals surface area contributed by atoms with Crippen molar-refractivity contribution in [3.8, 4) is 0 Å². The molecule has 0 radical (unpaired) electrons. The molecule has 4 nitrogen and oxygen atoms in total. The van der Waals surface area contributed by atoms with E-state index in [1.165, 1.54) is 0 Å². The maximum Gasteiger partial charge on any atom is 0.251 e. The van der Waals surface area contributed by atoms with Crippen molar-refractivity contribution in [1.29, 1.82) is 0 Å². The highest BCUT2D eigenvalue weighted by Gasteiger charge is 2.02. The predicted octanol–water partition coefficient (Wildman–Crippen LogP) is 1.18. The molecule has 2 heterocycles. The number of pyridine rings is 1. The summed E-state index contributed by atoms with van der Waals surface area (Å²) in [4.78, 5) is 14.1. The van der Waals surface area contributed by atoms with Gasteiger partial charge in [-0.15, -0.1) is 0 Å². The summed E-state index contributed by atoms with van der Waals surface area (Å²) in [5, 5.41) is 4.16. The fourth-order valence-electron chi connectivity index (χ4n) is 1.49. The van der Waals surface area contributed by atoms with Crippen LogP contribution in [0.3, 0.4) is 0 Å². The van der Waals surface area contributed by atoms with E-state index in [9.17, 15) is 4.79 Å². The Morgan fingerprint density at radius 3 is 3.07 bits per heavy atom. The summed E-state index contributed by atoms with van der Waals surface area (Å²) in [5.74, 6) is 0. The molecule has 0 saturated heterocycles. The number of aryl methyl sites for hydroxylation is 1. The number of hydrogen-bond donors (Lipinski definition) is 1. The Balaban J connectivity index is 2.22. The average Bonchev–Trinajstić information content (AvgIpc) is 2.69. The van der Waals surface area contributed by atoms with Gasteiger partial charge >= 0.3 is 0 Å². The van der Waals surface area contributed by atoms with Crippen LogP contribution in [0.4, 0.5) is 0 Å². The number of hydrogen-bond acceptors (Lipinski definition) is 2. The normalized spacial score (nSPS) is 10.5. The van der Waals surface area contributed by atoms with Crippen molar-refractivity contribution in [2.45, 2.75) is 19.9 Å². The lowest BCUT2D eigenvalue weighted by Gasteiger charge is -1.96. The van der Waals surface area contributed by atoms with Gasteiger partial charge in [0.15, 0.2) is 0 Å². The van der Waals surface area contributed by atoms with Crippen molar-refractivity contribution >= 4 is 0 Å². The van der Waals surface area contributed by atoms with Crippen LogP contribution in [-0.4, -0.2) is 14.8 Å². The fraction of sp³-hybridized carbons (Fsp3) is 0.273. The molecular formula is C11H13N3O. The summed E-state index contributed by atoms with van der Waals surface area (Å²) in [6, 6.07) is 3.67. The van der Waals surface area contributed by atoms with Gasteiger partial charge in [-0.25, -0.2) is 0 Å². The van der Waals surface area contributed by atoms with E-state index >= 15 is 0 Å². The first kappa shape index (κ1) is 9.71. The van der Waals surface area contributed by atoms with Crippen LogP contribution >= 0.6 is 0 Å². The van der Waals surface area contributed by atoms with E-state index in [0.717, 1.165) is 17.7 Å². The lowest BCUT2D eigenvalue weighted by molar-refractivity contribution is 0.659. The molecule has 78 valence electrons. The topological polar surface area (TPSA) is 50.7 Å². The molecule has 2 aromatic heterocycles. The molecule has 0 unspecified atom stereocenters. The monoisotopic (exact) mass is 203 g/mol. The van der Waals surface area contributed by atoms with Crippen LogP contribution in [0, 0.1) is 0 Å². The maximum atomic E-state index is 11.4. The molecule has 2 aromatic rings. The first-order valence-corrected chi connectivity index (χ1v) is 4.97.